The molecule has 0 aliphatic carbocycles. The first kappa shape index (κ1) is 26.9. The zero-order chi connectivity index (χ0) is 29.5. The molecule has 8 heteroatoms. The van der Waals surface area contributed by atoms with Gasteiger partial charge >= 0.3 is 0 Å². The second-order valence-corrected chi connectivity index (χ2v) is 11.4. The van der Waals surface area contributed by atoms with E-state index in [-0.39, 0.29) is 6.17 Å². The predicted octanol–water partition coefficient (Wildman–Crippen LogP) is 7.36. The second-order valence-electron chi connectivity index (χ2n) is 11.4. The molecule has 2 aliphatic rings. The van der Waals surface area contributed by atoms with Crippen LogP contribution in [0.3, 0.4) is 0 Å². The van der Waals surface area contributed by atoms with E-state index in [1.807, 2.05) is 48.6 Å². The maximum atomic E-state index is 9.92. The number of likely N-dealkylation sites (tertiary alicyclic amines) is 1. The molecular formula is C35H33N7O. The van der Waals surface area contributed by atoms with Gasteiger partial charge in [0.25, 0.3) is 0 Å². The molecule has 0 bridgehead atoms. The van der Waals surface area contributed by atoms with E-state index in [0.717, 1.165) is 75.6 Å². The summed E-state index contributed by atoms with van der Waals surface area (Å²) in [6.07, 6.45) is 5.96. The molecule has 0 saturated carbocycles. The van der Waals surface area contributed by atoms with E-state index in [4.69, 9.17) is 9.40 Å². The van der Waals surface area contributed by atoms with Gasteiger partial charge in [-0.15, -0.1) is 0 Å². The van der Waals surface area contributed by atoms with Crippen LogP contribution in [0.25, 0.3) is 33.7 Å². The van der Waals surface area contributed by atoms with Crippen molar-refractivity contribution in [2.45, 2.75) is 39.4 Å². The molecule has 0 radical (unpaired) electrons. The number of aromatic nitrogens is 2. The van der Waals surface area contributed by atoms with E-state index in [1.165, 1.54) is 12.8 Å². The first-order chi connectivity index (χ1) is 21.0. The van der Waals surface area contributed by atoms with Gasteiger partial charge in [-0.1, -0.05) is 24.3 Å². The number of aliphatic imine (C=N–C) groups is 1. The van der Waals surface area contributed by atoms with Gasteiger partial charge in [-0.05, 0) is 104 Å². The molecule has 2 aromatic heterocycles. The van der Waals surface area contributed by atoms with Crippen molar-refractivity contribution in [3.63, 3.8) is 0 Å². The SMILES string of the molecule is Cc1c(NC2c3ncccc3N=CN2C)cccc1-c1cccc(-c2nc3cc(CN4CCCC4)cc(C#N)c3o2)c1C. The minimum Gasteiger partial charge on any atom is -0.435 e. The molecule has 2 aliphatic heterocycles. The highest BCUT2D eigenvalue weighted by molar-refractivity contribution is 5.85. The van der Waals surface area contributed by atoms with Crippen LogP contribution in [0.1, 0.15) is 47.0 Å². The standard InChI is InChI=1S/C35H33N7O/c1-22-26(27-10-7-12-29(23(27)2)39-34-32-30(13-8-14-37-32)38-21-41(34)3)9-6-11-28(22)35-40-31-18-24(20-42-15-4-5-16-42)17-25(19-36)33(31)43-35/h6-14,17-18,21,34,39H,4-5,15-16,20H2,1-3H3. The van der Waals surface area contributed by atoms with Crippen LogP contribution in [-0.4, -0.2) is 46.2 Å². The van der Waals surface area contributed by atoms with Crippen LogP contribution in [0.15, 0.2) is 76.3 Å². The molecule has 0 spiro atoms. The highest BCUT2D eigenvalue weighted by Gasteiger charge is 2.25. The summed E-state index contributed by atoms with van der Waals surface area (Å²) in [4.78, 5) is 18.5. The summed E-state index contributed by atoms with van der Waals surface area (Å²) in [6, 6.07) is 22.8. The number of fused-ring (bicyclic) bond motifs is 2. The molecule has 1 fully saturated rings. The average Bonchev–Trinajstić information content (AvgIpc) is 3.69. The monoisotopic (exact) mass is 567 g/mol. The van der Waals surface area contributed by atoms with Crippen LogP contribution < -0.4 is 5.32 Å². The maximum Gasteiger partial charge on any atom is 0.227 e. The van der Waals surface area contributed by atoms with Gasteiger partial charge in [0.1, 0.15) is 23.4 Å². The lowest BCUT2D eigenvalue weighted by atomic mass is 9.92. The van der Waals surface area contributed by atoms with Gasteiger partial charge in [0, 0.05) is 31.0 Å². The molecule has 4 heterocycles. The molecule has 1 unspecified atom stereocenters. The summed E-state index contributed by atoms with van der Waals surface area (Å²) in [7, 11) is 2.00. The number of rotatable bonds is 6. The van der Waals surface area contributed by atoms with Crippen molar-refractivity contribution in [1.29, 1.82) is 5.26 Å². The first-order valence-electron chi connectivity index (χ1n) is 14.7. The molecular weight excluding hydrogens is 534 g/mol. The Balaban J connectivity index is 1.23. The van der Waals surface area contributed by atoms with Crippen molar-refractivity contribution in [2.75, 3.05) is 25.5 Å². The van der Waals surface area contributed by atoms with Crippen molar-refractivity contribution in [2.24, 2.45) is 4.99 Å². The van der Waals surface area contributed by atoms with E-state index in [1.54, 1.807) is 6.20 Å². The molecule has 8 nitrogen and oxygen atoms in total. The fourth-order valence-corrected chi connectivity index (χ4v) is 6.28. The van der Waals surface area contributed by atoms with Gasteiger partial charge in [0.15, 0.2) is 5.58 Å². The van der Waals surface area contributed by atoms with Gasteiger partial charge in [-0.2, -0.15) is 5.26 Å². The average molecular weight is 568 g/mol. The summed E-state index contributed by atoms with van der Waals surface area (Å²) < 4.78 is 6.29. The summed E-state index contributed by atoms with van der Waals surface area (Å²) in [6.45, 7) is 7.27. The number of nitrogens with one attached hydrogen (secondary N) is 1. The molecule has 5 aromatic rings. The lowest BCUT2D eigenvalue weighted by molar-refractivity contribution is 0.331. The van der Waals surface area contributed by atoms with Crippen molar-refractivity contribution in [1.82, 2.24) is 19.8 Å². The molecule has 7 rings (SSSR count). The summed E-state index contributed by atoms with van der Waals surface area (Å²) in [5, 5.41) is 13.6. The van der Waals surface area contributed by atoms with E-state index in [0.29, 0.717) is 17.0 Å². The van der Waals surface area contributed by atoms with Crippen LogP contribution in [0.4, 0.5) is 11.4 Å². The van der Waals surface area contributed by atoms with E-state index in [9.17, 15) is 5.26 Å². The lowest BCUT2D eigenvalue weighted by Crippen LogP contribution is -2.32. The summed E-state index contributed by atoms with van der Waals surface area (Å²) in [5.74, 6) is 0.530. The Bertz CT molecular complexity index is 1910. The summed E-state index contributed by atoms with van der Waals surface area (Å²) in [5.41, 5.74) is 11.0. The highest BCUT2D eigenvalue weighted by Crippen LogP contribution is 2.38. The largest absolute Gasteiger partial charge is 0.435 e. The van der Waals surface area contributed by atoms with Crippen LogP contribution >= 0.6 is 0 Å². The number of anilines is 1. The van der Waals surface area contributed by atoms with Gasteiger partial charge < -0.3 is 14.6 Å². The molecule has 1 atom stereocenters. The minimum atomic E-state index is -0.139. The molecule has 1 N–H and O–H groups in total. The van der Waals surface area contributed by atoms with Crippen molar-refractivity contribution >= 4 is 28.8 Å². The number of pyridine rings is 1. The Kier molecular flexibility index (Phi) is 6.88. The van der Waals surface area contributed by atoms with Crippen molar-refractivity contribution < 1.29 is 4.42 Å². The normalized spacial score (nSPS) is 16.4. The minimum absolute atomic E-state index is 0.139. The zero-order valence-electron chi connectivity index (χ0n) is 24.6. The van der Waals surface area contributed by atoms with Gasteiger partial charge in [0.2, 0.25) is 5.89 Å². The Labute approximate surface area is 251 Å². The fourth-order valence-electron chi connectivity index (χ4n) is 6.28. The van der Waals surface area contributed by atoms with E-state index >= 15 is 0 Å². The third-order valence-electron chi connectivity index (χ3n) is 8.62. The topological polar surface area (TPSA) is 93.6 Å². The quantitative estimate of drug-likeness (QED) is 0.229. The Hall–Kier alpha value is -5.00. The number of nitriles is 1. The number of benzene rings is 3. The second kappa shape index (κ2) is 11.0. The molecule has 214 valence electrons. The lowest BCUT2D eigenvalue weighted by Gasteiger charge is -2.32. The highest BCUT2D eigenvalue weighted by atomic mass is 16.3. The number of nitrogens with zero attached hydrogens (tertiary/aromatic N) is 6. The number of hydrogen-bond donors (Lipinski definition) is 1. The smallest absolute Gasteiger partial charge is 0.227 e. The molecule has 1 saturated heterocycles. The van der Waals surface area contributed by atoms with Crippen molar-refractivity contribution in [3.8, 4) is 28.7 Å². The zero-order valence-corrected chi connectivity index (χ0v) is 24.6. The molecule has 0 amide bonds. The predicted molar refractivity (Wildman–Crippen MR) is 170 cm³/mol. The van der Waals surface area contributed by atoms with E-state index < -0.39 is 0 Å². The first-order valence-corrected chi connectivity index (χ1v) is 14.7. The van der Waals surface area contributed by atoms with Crippen molar-refractivity contribution in [3.05, 3.63) is 94.8 Å². The Morgan fingerprint density at radius 3 is 2.56 bits per heavy atom. The fraction of sp³-hybridized carbons (Fsp3) is 0.257. The van der Waals surface area contributed by atoms with Gasteiger partial charge in [-0.3, -0.25) is 9.88 Å². The third kappa shape index (κ3) is 4.92. The van der Waals surface area contributed by atoms with Gasteiger partial charge in [-0.25, -0.2) is 9.98 Å². The van der Waals surface area contributed by atoms with Crippen LogP contribution in [0.2, 0.25) is 0 Å². The van der Waals surface area contributed by atoms with Gasteiger partial charge in [0.05, 0.1) is 17.6 Å². The van der Waals surface area contributed by atoms with Crippen LogP contribution in [-0.2, 0) is 6.54 Å². The molecule has 3 aromatic carbocycles. The van der Waals surface area contributed by atoms with Crippen LogP contribution in [0.5, 0.6) is 0 Å². The van der Waals surface area contributed by atoms with E-state index in [2.05, 4.69) is 70.4 Å². The third-order valence-corrected chi connectivity index (χ3v) is 8.62. The summed E-state index contributed by atoms with van der Waals surface area (Å²) >= 11 is 0. The number of oxazole rings is 1. The molecule has 43 heavy (non-hydrogen) atoms. The van der Waals surface area contributed by atoms with Crippen LogP contribution in [0, 0.1) is 25.2 Å². The Morgan fingerprint density at radius 1 is 0.977 bits per heavy atom. The Morgan fingerprint density at radius 2 is 1.74 bits per heavy atom. The number of hydrogen-bond acceptors (Lipinski definition) is 8. The maximum absolute atomic E-state index is 9.92.